The van der Waals surface area contributed by atoms with Crippen LogP contribution < -0.4 is 10.6 Å². The van der Waals surface area contributed by atoms with Crippen LogP contribution in [0.1, 0.15) is 13.3 Å². The molecule has 20 heavy (non-hydrogen) atoms. The minimum absolute atomic E-state index is 0.0863. The van der Waals surface area contributed by atoms with E-state index in [4.69, 9.17) is 4.74 Å². The number of hydrogen-bond acceptors (Lipinski definition) is 2. The van der Waals surface area contributed by atoms with E-state index in [2.05, 4.69) is 0 Å². The molecule has 0 saturated carbocycles. The minimum Gasteiger partial charge on any atom is -0.436 e. The lowest BCUT2D eigenvalue weighted by Crippen LogP contribution is -2.28. The Morgan fingerprint density at radius 1 is 0.950 bits per heavy atom. The van der Waals surface area contributed by atoms with Gasteiger partial charge in [0.15, 0.2) is 7.26 Å². The Balaban J connectivity index is 2.46. The van der Waals surface area contributed by atoms with E-state index < -0.39 is 7.26 Å². The Kier molecular flexibility index (Phi) is 4.92. The summed E-state index contributed by atoms with van der Waals surface area (Å²) in [5.74, 6) is 0. The first-order valence-electron chi connectivity index (χ1n) is 6.84. The van der Waals surface area contributed by atoms with Gasteiger partial charge in [0.1, 0.15) is 10.6 Å². The topological polar surface area (TPSA) is 26.3 Å². The van der Waals surface area contributed by atoms with Gasteiger partial charge in [-0.25, -0.2) is 4.79 Å². The second-order valence-corrected chi connectivity index (χ2v) is 8.20. The quantitative estimate of drug-likeness (QED) is 0.781. The fraction of sp³-hybridized carbons (Fsp3) is 0.235. The molecule has 0 aliphatic rings. The molecule has 0 amide bonds. The average molecular weight is 287 g/mol. The van der Waals surface area contributed by atoms with Gasteiger partial charge in [0.25, 0.3) is 0 Å². The standard InChI is InChI=1S/C17H20O2P/c1-3-14-19-17(18)20(2,15-10-6-4-7-11-15)16-12-8-5-9-13-16/h4-13H,3,14H2,1-2H3/q+1. The average Bonchev–Trinajstić information content (AvgIpc) is 2.53. The van der Waals surface area contributed by atoms with Gasteiger partial charge in [0.05, 0.1) is 13.3 Å². The van der Waals surface area contributed by atoms with Crippen molar-refractivity contribution in [3.05, 3.63) is 60.7 Å². The number of carbonyl (C=O) groups is 1. The molecule has 0 N–H and O–H groups in total. The lowest BCUT2D eigenvalue weighted by atomic mass is 10.4. The van der Waals surface area contributed by atoms with Crippen LogP contribution >= 0.6 is 7.26 Å². The molecule has 0 aliphatic heterocycles. The first-order valence-corrected chi connectivity index (χ1v) is 9.08. The highest BCUT2D eigenvalue weighted by atomic mass is 31.2. The minimum atomic E-state index is -2.16. The molecule has 0 fully saturated rings. The summed E-state index contributed by atoms with van der Waals surface area (Å²) in [5, 5.41) is 2.12. The summed E-state index contributed by atoms with van der Waals surface area (Å²) in [6, 6.07) is 19.9. The molecule has 0 heterocycles. The fourth-order valence-electron chi connectivity index (χ4n) is 2.13. The van der Waals surface area contributed by atoms with Gasteiger partial charge < -0.3 is 4.74 Å². The van der Waals surface area contributed by atoms with Crippen LogP contribution in [0, 0.1) is 0 Å². The van der Waals surface area contributed by atoms with E-state index in [1.807, 2.05) is 74.3 Å². The molecular formula is C17H20O2P+. The predicted octanol–water partition coefficient (Wildman–Crippen LogP) is 3.83. The Morgan fingerprint density at radius 2 is 1.40 bits per heavy atom. The van der Waals surface area contributed by atoms with Crippen molar-refractivity contribution in [3.63, 3.8) is 0 Å². The maximum Gasteiger partial charge on any atom is 0.460 e. The zero-order chi connectivity index (χ0) is 14.4. The first kappa shape index (κ1) is 14.7. The second kappa shape index (κ2) is 6.67. The smallest absolute Gasteiger partial charge is 0.436 e. The number of rotatable bonds is 5. The highest BCUT2D eigenvalue weighted by molar-refractivity contribution is 8.01. The molecule has 104 valence electrons. The van der Waals surface area contributed by atoms with E-state index in [-0.39, 0.29) is 5.71 Å². The monoisotopic (exact) mass is 287 g/mol. The van der Waals surface area contributed by atoms with Crippen LogP contribution in [0.2, 0.25) is 0 Å². The molecule has 2 nitrogen and oxygen atoms in total. The molecule has 3 heteroatoms. The van der Waals surface area contributed by atoms with Crippen LogP contribution in [0.15, 0.2) is 60.7 Å². The summed E-state index contributed by atoms with van der Waals surface area (Å²) >= 11 is 0. The molecule has 2 aromatic carbocycles. The third-order valence-electron chi connectivity index (χ3n) is 3.34. The Bertz CT molecular complexity index is 512. The van der Waals surface area contributed by atoms with E-state index in [1.165, 1.54) is 0 Å². The fourth-order valence-corrected chi connectivity index (χ4v) is 4.74. The molecule has 0 saturated heterocycles. The number of hydrogen-bond donors (Lipinski definition) is 0. The lowest BCUT2D eigenvalue weighted by molar-refractivity contribution is 0.173. The highest BCUT2D eigenvalue weighted by Crippen LogP contribution is 2.54. The summed E-state index contributed by atoms with van der Waals surface area (Å²) in [6.07, 6.45) is 0.843. The third-order valence-corrected chi connectivity index (χ3v) is 6.86. The third kappa shape index (κ3) is 2.91. The number of carbonyl (C=O) groups excluding carboxylic acids is 1. The van der Waals surface area contributed by atoms with Crippen molar-refractivity contribution in [1.82, 2.24) is 0 Å². The SMILES string of the molecule is CCCOC(=O)[P+](C)(c1ccccc1)c1ccccc1. The normalized spacial score (nSPS) is 11.1. The number of benzene rings is 2. The molecule has 0 radical (unpaired) electrons. The summed E-state index contributed by atoms with van der Waals surface area (Å²) in [7, 11) is -2.16. The molecule has 0 unspecified atom stereocenters. The van der Waals surface area contributed by atoms with Gasteiger partial charge in [-0.2, -0.15) is 0 Å². The van der Waals surface area contributed by atoms with Crippen molar-refractivity contribution >= 4 is 23.6 Å². The van der Waals surface area contributed by atoms with E-state index in [0.717, 1.165) is 17.0 Å². The van der Waals surface area contributed by atoms with Gasteiger partial charge >= 0.3 is 5.71 Å². The van der Waals surface area contributed by atoms with Crippen LogP contribution in [-0.2, 0) is 4.74 Å². The Hall–Kier alpha value is -1.66. The summed E-state index contributed by atoms with van der Waals surface area (Å²) in [6.45, 7) is 4.53. The largest absolute Gasteiger partial charge is 0.460 e. The first-order chi connectivity index (χ1) is 9.69. The zero-order valence-electron chi connectivity index (χ0n) is 12.0. The van der Waals surface area contributed by atoms with Crippen molar-refractivity contribution in [1.29, 1.82) is 0 Å². The van der Waals surface area contributed by atoms with E-state index in [0.29, 0.717) is 6.61 Å². The van der Waals surface area contributed by atoms with Crippen molar-refractivity contribution in [2.24, 2.45) is 0 Å². The van der Waals surface area contributed by atoms with Gasteiger partial charge in [-0.1, -0.05) is 43.3 Å². The highest BCUT2D eigenvalue weighted by Gasteiger charge is 2.48. The molecule has 0 aliphatic carbocycles. The summed E-state index contributed by atoms with van der Waals surface area (Å²) in [5.41, 5.74) is -0.0863. The van der Waals surface area contributed by atoms with Crippen LogP contribution in [0.5, 0.6) is 0 Å². The van der Waals surface area contributed by atoms with Crippen molar-refractivity contribution in [3.8, 4) is 0 Å². The van der Waals surface area contributed by atoms with Gasteiger partial charge in [-0.05, 0) is 30.7 Å². The summed E-state index contributed by atoms with van der Waals surface area (Å²) < 4.78 is 5.48. The molecule has 0 atom stereocenters. The molecule has 2 aromatic rings. The van der Waals surface area contributed by atoms with Gasteiger partial charge in [-0.3, -0.25) is 0 Å². The summed E-state index contributed by atoms with van der Waals surface area (Å²) in [4.78, 5) is 12.7. The number of ether oxygens (including phenoxy) is 1. The Morgan fingerprint density at radius 3 is 1.80 bits per heavy atom. The maximum atomic E-state index is 12.7. The molecule has 2 rings (SSSR count). The van der Waals surface area contributed by atoms with Crippen LogP contribution in [-0.4, -0.2) is 19.0 Å². The van der Waals surface area contributed by atoms with Gasteiger partial charge in [0, 0.05) is 0 Å². The maximum absolute atomic E-state index is 12.7. The second-order valence-electron chi connectivity index (χ2n) is 4.79. The van der Waals surface area contributed by atoms with Gasteiger partial charge in [0.2, 0.25) is 0 Å². The van der Waals surface area contributed by atoms with E-state index in [1.54, 1.807) is 0 Å². The van der Waals surface area contributed by atoms with Crippen molar-refractivity contribution in [2.45, 2.75) is 13.3 Å². The molecular weight excluding hydrogens is 267 g/mol. The molecule has 0 bridgehead atoms. The van der Waals surface area contributed by atoms with E-state index in [9.17, 15) is 4.79 Å². The predicted molar refractivity (Wildman–Crippen MR) is 86.6 cm³/mol. The lowest BCUT2D eigenvalue weighted by Gasteiger charge is -2.19. The molecule has 0 aromatic heterocycles. The van der Waals surface area contributed by atoms with Crippen molar-refractivity contribution < 1.29 is 9.53 Å². The van der Waals surface area contributed by atoms with Gasteiger partial charge in [-0.15, -0.1) is 0 Å². The van der Waals surface area contributed by atoms with E-state index >= 15 is 0 Å². The van der Waals surface area contributed by atoms with Crippen LogP contribution in [0.4, 0.5) is 4.79 Å². The Labute approximate surface area is 121 Å². The zero-order valence-corrected chi connectivity index (χ0v) is 12.8. The molecule has 0 spiro atoms. The van der Waals surface area contributed by atoms with Crippen molar-refractivity contribution in [2.75, 3.05) is 13.3 Å². The van der Waals surface area contributed by atoms with Crippen LogP contribution in [0.3, 0.4) is 0 Å². The van der Waals surface area contributed by atoms with Crippen LogP contribution in [0.25, 0.3) is 0 Å².